The number of hydrogen-bond acceptors (Lipinski definition) is 17. The second-order valence-corrected chi connectivity index (χ2v) is 22.7. The lowest BCUT2D eigenvalue weighted by molar-refractivity contribution is 0.0687. The molecule has 9 aromatic heterocycles. The number of anilines is 3. The number of ether oxygens (including phenoxy) is 2. The van der Waals surface area contributed by atoms with Crippen molar-refractivity contribution in [1.29, 1.82) is 0 Å². The average molecular weight is 1300 g/mol. The van der Waals surface area contributed by atoms with E-state index in [4.69, 9.17) is 9.47 Å². The zero-order valence-corrected chi connectivity index (χ0v) is 53.8. The highest BCUT2D eigenvalue weighted by Gasteiger charge is 2.32. The number of carbonyl (C=O) groups excluding carboxylic acids is 3. The molecule has 26 nitrogen and oxygen atoms in total. The van der Waals surface area contributed by atoms with Crippen molar-refractivity contribution in [3.05, 3.63) is 163 Å². The molecule has 27 heteroatoms. The van der Waals surface area contributed by atoms with Gasteiger partial charge in [-0.15, -0.1) is 0 Å². The first-order valence-electron chi connectivity index (χ1n) is 30.9. The van der Waals surface area contributed by atoms with Crippen molar-refractivity contribution < 1.29 is 38.5 Å². The molecule has 1 aliphatic carbocycles. The van der Waals surface area contributed by atoms with E-state index in [2.05, 4.69) is 96.7 Å². The molecule has 3 aromatic carbocycles. The smallest absolute Gasteiger partial charge is 0.321 e. The monoisotopic (exact) mass is 1300 g/mol. The third-order valence-corrected chi connectivity index (χ3v) is 15.2. The summed E-state index contributed by atoms with van der Waals surface area (Å²) in [6.45, 7) is 12.2. The van der Waals surface area contributed by atoms with Gasteiger partial charge in [-0.05, 0) is 162 Å². The predicted molar refractivity (Wildman–Crippen MR) is 364 cm³/mol. The summed E-state index contributed by atoms with van der Waals surface area (Å²) in [7, 11) is 3.19. The third kappa shape index (κ3) is 15.1. The van der Waals surface area contributed by atoms with Crippen LogP contribution in [0.25, 0.3) is 100 Å². The van der Waals surface area contributed by atoms with Gasteiger partial charge in [0.25, 0.3) is 0 Å². The second kappa shape index (κ2) is 29.0. The normalized spacial score (nSPS) is 12.2. The fraction of sp³-hybridized carbons (Fsp3) is 0.232. The molecule has 11 N–H and O–H groups in total. The summed E-state index contributed by atoms with van der Waals surface area (Å²) in [6.07, 6.45) is 13.3. The zero-order chi connectivity index (χ0) is 67.6. The molecule has 490 valence electrons. The molecule has 1 atom stereocenters. The van der Waals surface area contributed by atoms with Gasteiger partial charge in [0, 0.05) is 102 Å². The molecule has 0 spiro atoms. The van der Waals surface area contributed by atoms with Crippen molar-refractivity contribution in [3.8, 4) is 78.7 Å². The van der Waals surface area contributed by atoms with Crippen molar-refractivity contribution in [1.82, 2.24) is 80.7 Å². The highest BCUT2D eigenvalue weighted by molar-refractivity contribution is 6.01. The molecular weight excluding hydrogens is 1230 g/mol. The first-order chi connectivity index (χ1) is 46.4. The van der Waals surface area contributed by atoms with Crippen LogP contribution in [0, 0.1) is 18.7 Å². The van der Waals surface area contributed by atoms with E-state index in [1.54, 1.807) is 71.2 Å². The molecule has 96 heavy (non-hydrogen) atoms. The van der Waals surface area contributed by atoms with Gasteiger partial charge >= 0.3 is 18.1 Å². The van der Waals surface area contributed by atoms with E-state index in [1.807, 2.05) is 107 Å². The van der Waals surface area contributed by atoms with Crippen LogP contribution in [0.15, 0.2) is 140 Å². The number of rotatable bonds is 17. The summed E-state index contributed by atoms with van der Waals surface area (Å²) >= 11 is 0. The number of aryl methyl sites for hydroxylation is 1. The van der Waals surface area contributed by atoms with Gasteiger partial charge in [0.05, 0.1) is 42.6 Å². The Hall–Kier alpha value is -11.8. The Morgan fingerprint density at radius 3 is 1.33 bits per heavy atom. The minimum absolute atomic E-state index is 0.161. The van der Waals surface area contributed by atoms with E-state index in [0.717, 1.165) is 63.0 Å². The highest BCUT2D eigenvalue weighted by Crippen LogP contribution is 2.42. The number of H-pyrrole nitrogens is 3. The Balaban J connectivity index is 0.000000147. The summed E-state index contributed by atoms with van der Waals surface area (Å²) in [5.74, 6) is 2.27. The number of pyridine rings is 5. The maximum absolute atomic E-state index is 14.7. The first kappa shape index (κ1) is 65.6. The van der Waals surface area contributed by atoms with Gasteiger partial charge in [-0.25, -0.2) is 43.7 Å². The number of halogens is 1. The number of methoxy groups -OCH3 is 2. The number of aliphatic hydroxyl groups is 2. The standard InChI is InChI=1S/C24H23FN6O2.C23H25N7O3.C22H22N6O2/c1-2-26-24(33)31-23-29-19-11-15(14-7-8-18(28-12-14)22(32)13-5-6-13)10-16(21(19)30-23)20-17(25)4-3-9-27-20;1-5-24-22(31)30-21-28-16-10-13(14-11-26-20(27-12-14)23(2,3)32)9-15(18(16)29-21)19-17(33-4)7-6-8-25-19;1-4-23-22(29)28-21-26-17-11-15(14-8-7-13(2)25-12-14)10-16(19(17)27-21)20-18(30-3)6-5-9-24-20/h3-4,7-13,22,32H,2,5-6H2,1H3,(H3,26,29,30,31,33);6-12,32H,5H2,1-4H3,(H3,24,28,29,30,31);5-12H,4H2,1-3H3,(H3,23,26,27,28,29). The van der Waals surface area contributed by atoms with Crippen molar-refractivity contribution >= 4 is 69.0 Å². The minimum Gasteiger partial charge on any atom is -0.494 e. The lowest BCUT2D eigenvalue weighted by atomic mass is 10.00. The van der Waals surface area contributed by atoms with Crippen LogP contribution in [-0.2, 0) is 5.60 Å². The van der Waals surface area contributed by atoms with Gasteiger partial charge in [0.1, 0.15) is 56.5 Å². The number of nitrogens with zero attached hydrogens (tertiary/aromatic N) is 10. The van der Waals surface area contributed by atoms with Crippen LogP contribution in [0.4, 0.5) is 36.6 Å². The minimum atomic E-state index is -1.14. The lowest BCUT2D eigenvalue weighted by Gasteiger charge is -2.15. The quantitative estimate of drug-likeness (QED) is 0.0403. The number of carbonyl (C=O) groups is 3. The van der Waals surface area contributed by atoms with Gasteiger partial charge in [-0.3, -0.25) is 40.9 Å². The van der Waals surface area contributed by atoms with Crippen molar-refractivity contribution in [3.63, 3.8) is 0 Å². The number of hydrogen-bond donors (Lipinski definition) is 11. The number of benzene rings is 3. The van der Waals surface area contributed by atoms with Crippen molar-refractivity contribution in [2.45, 2.75) is 66.1 Å². The van der Waals surface area contributed by atoms with Gasteiger partial charge in [-0.2, -0.15) is 0 Å². The third-order valence-electron chi connectivity index (χ3n) is 15.2. The molecular formula is C69H70FN19O7. The molecule has 1 aliphatic rings. The number of fused-ring (bicyclic) bond motifs is 3. The SMILES string of the molecule is CCNC(=O)Nc1nc2c(-c3ncccc3F)cc(-c3ccc(C(O)C4CC4)nc3)cc2[nH]1.CCNC(=O)Nc1nc2c(-c3ncccc3OC)cc(-c3ccc(C)nc3)cc2[nH]1.CCNC(=O)Nc1nc2c(-c3ncccc3OC)cc(-c3cnc(C(C)(C)O)nc3)cc2[nH]1. The van der Waals surface area contributed by atoms with E-state index in [9.17, 15) is 29.0 Å². The molecule has 6 amide bonds. The van der Waals surface area contributed by atoms with Crippen LogP contribution in [0.3, 0.4) is 0 Å². The van der Waals surface area contributed by atoms with E-state index in [-0.39, 0.29) is 23.7 Å². The molecule has 0 bridgehead atoms. The number of urea groups is 3. The molecule has 12 aromatic rings. The molecule has 9 heterocycles. The number of imidazole rings is 3. The van der Waals surface area contributed by atoms with E-state index in [1.165, 1.54) is 18.3 Å². The van der Waals surface area contributed by atoms with E-state index in [0.29, 0.717) is 111 Å². The van der Waals surface area contributed by atoms with Crippen LogP contribution < -0.4 is 41.4 Å². The average Bonchev–Trinajstić information content (AvgIpc) is 1.53. The molecule has 0 radical (unpaired) electrons. The summed E-state index contributed by atoms with van der Waals surface area (Å²) in [5.41, 5.74) is 12.8. The van der Waals surface area contributed by atoms with Crippen LogP contribution >= 0.6 is 0 Å². The van der Waals surface area contributed by atoms with Gasteiger partial charge in [0.15, 0.2) is 5.82 Å². The maximum Gasteiger partial charge on any atom is 0.321 e. The summed E-state index contributed by atoms with van der Waals surface area (Å²) in [4.78, 5) is 89.7. The van der Waals surface area contributed by atoms with Crippen molar-refractivity contribution in [2.75, 3.05) is 49.8 Å². The lowest BCUT2D eigenvalue weighted by Crippen LogP contribution is -2.28. The Bertz CT molecular complexity index is 4760. The first-order valence-corrected chi connectivity index (χ1v) is 30.9. The summed E-state index contributed by atoms with van der Waals surface area (Å²) < 4.78 is 25.7. The number of aromatic nitrogens is 13. The van der Waals surface area contributed by atoms with Crippen LogP contribution in [-0.4, -0.2) is 127 Å². The van der Waals surface area contributed by atoms with E-state index < -0.39 is 23.6 Å². The van der Waals surface area contributed by atoms with E-state index >= 15 is 0 Å². The Labute approximate surface area is 549 Å². The number of amides is 6. The van der Waals surface area contributed by atoms with Crippen LogP contribution in [0.2, 0.25) is 0 Å². The topological polar surface area (TPSA) is 359 Å². The number of aliphatic hydroxyl groups excluding tert-OH is 1. The fourth-order valence-electron chi connectivity index (χ4n) is 10.4. The fourth-order valence-corrected chi connectivity index (χ4v) is 10.4. The molecule has 0 aliphatic heterocycles. The predicted octanol–water partition coefficient (Wildman–Crippen LogP) is 12.0. The molecule has 0 saturated heterocycles. The van der Waals surface area contributed by atoms with Crippen LogP contribution in [0.1, 0.15) is 70.8 Å². The number of aromatic amines is 3. The molecule has 1 fully saturated rings. The Morgan fingerprint density at radius 1 is 0.542 bits per heavy atom. The largest absolute Gasteiger partial charge is 0.494 e. The van der Waals surface area contributed by atoms with Gasteiger partial charge in [-0.1, -0.05) is 12.1 Å². The maximum atomic E-state index is 14.7. The van der Waals surface area contributed by atoms with Crippen molar-refractivity contribution in [2.24, 2.45) is 5.92 Å². The summed E-state index contributed by atoms with van der Waals surface area (Å²) in [6, 6.07) is 28.3. The highest BCUT2D eigenvalue weighted by atomic mass is 19.1. The Morgan fingerprint density at radius 2 is 0.948 bits per heavy atom. The zero-order valence-electron chi connectivity index (χ0n) is 53.8. The molecule has 1 unspecified atom stereocenters. The molecule has 1 saturated carbocycles. The van der Waals surface area contributed by atoms with Gasteiger partial charge < -0.3 is 50.6 Å². The summed E-state index contributed by atoms with van der Waals surface area (Å²) in [5, 5.41) is 36.6. The molecule has 13 rings (SSSR count). The van der Waals surface area contributed by atoms with Crippen LogP contribution in [0.5, 0.6) is 11.5 Å². The number of nitrogens with one attached hydrogen (secondary N) is 9. The Kier molecular flexibility index (Phi) is 19.8. The van der Waals surface area contributed by atoms with Gasteiger partial charge in [0.2, 0.25) is 17.8 Å². The second-order valence-electron chi connectivity index (χ2n) is 22.7.